The number of rotatable bonds is 14. The van der Waals surface area contributed by atoms with Gasteiger partial charge in [0.2, 0.25) is 0 Å². The molecule has 0 fully saturated rings. The molecule has 2 atom stereocenters. The monoisotopic (exact) mass is 364 g/mol. The van der Waals surface area contributed by atoms with Gasteiger partial charge in [0.15, 0.2) is 0 Å². The van der Waals surface area contributed by atoms with E-state index < -0.39 is 19.0 Å². The first-order valence-electron chi connectivity index (χ1n) is 8.38. The first-order chi connectivity index (χ1) is 9.89. The van der Waals surface area contributed by atoms with Crippen LogP contribution in [0.25, 0.3) is 0 Å². The summed E-state index contributed by atoms with van der Waals surface area (Å²) >= 11 is 0. The minimum absolute atomic E-state index is 0. The molecule has 0 spiro atoms. The van der Waals surface area contributed by atoms with Crippen LogP contribution in [-0.4, -0.2) is 18.3 Å². The molecule has 0 aromatic rings. The molecule has 0 aliphatic heterocycles. The molecular weight excluding hydrogens is 333 g/mol. The Bertz CT molecular complexity index is 321. The molecule has 126 valence electrons. The molecular formula is C16H31Na2O4P. The molecule has 0 N–H and O–H groups in total. The first-order valence-corrected chi connectivity index (χ1v) is 10.5. The minimum atomic E-state index is -3.82. The fraction of sp³-hybridized carbons (Fsp3) is 0.938. The molecule has 0 rings (SSSR count). The van der Waals surface area contributed by atoms with Crippen molar-refractivity contribution in [3.63, 3.8) is 0 Å². The average Bonchev–Trinajstić information content (AvgIpc) is 2.38. The Labute approximate surface area is 186 Å². The van der Waals surface area contributed by atoms with Gasteiger partial charge >= 0.3 is 59.1 Å². The second-order valence-corrected chi connectivity index (χ2v) is 8.51. The van der Waals surface area contributed by atoms with Crippen LogP contribution in [0.5, 0.6) is 0 Å². The molecule has 4 nitrogen and oxygen atoms in total. The van der Waals surface area contributed by atoms with Gasteiger partial charge in [0, 0.05) is 13.0 Å². The summed E-state index contributed by atoms with van der Waals surface area (Å²) in [6.45, 7) is 3.21. The van der Waals surface area contributed by atoms with E-state index in [4.69, 9.17) is 0 Å². The number of hydrogen-bond acceptors (Lipinski definition) is 4. The van der Waals surface area contributed by atoms with Crippen LogP contribution in [-0.2, 0) is 9.36 Å². The maximum absolute atomic E-state index is 11.3. The van der Waals surface area contributed by atoms with Gasteiger partial charge in [-0.2, -0.15) is 0 Å². The molecule has 0 saturated carbocycles. The molecule has 0 aromatic carbocycles. The van der Waals surface area contributed by atoms with Crippen molar-refractivity contribution in [1.29, 1.82) is 0 Å². The third-order valence-electron chi connectivity index (χ3n) is 3.92. The van der Waals surface area contributed by atoms with Gasteiger partial charge in [-0.25, -0.2) is 0 Å². The number of aliphatic carboxylic acids is 1. The van der Waals surface area contributed by atoms with Crippen LogP contribution in [0.15, 0.2) is 0 Å². The summed E-state index contributed by atoms with van der Waals surface area (Å²) in [7, 11) is -3.82. The van der Waals surface area contributed by atoms with Gasteiger partial charge < -0.3 is 19.4 Å². The van der Waals surface area contributed by atoms with Crippen molar-refractivity contribution >= 4 is 13.3 Å². The third-order valence-corrected chi connectivity index (χ3v) is 5.52. The summed E-state index contributed by atoms with van der Waals surface area (Å²) < 4.78 is 11.3. The van der Waals surface area contributed by atoms with Crippen molar-refractivity contribution in [2.45, 2.75) is 89.6 Å². The Balaban J connectivity index is -0.00000200. The van der Waals surface area contributed by atoms with Gasteiger partial charge in [0.1, 0.15) is 0 Å². The molecule has 23 heavy (non-hydrogen) atoms. The van der Waals surface area contributed by atoms with Crippen LogP contribution >= 0.6 is 7.37 Å². The Morgan fingerprint density at radius 3 is 1.52 bits per heavy atom. The van der Waals surface area contributed by atoms with E-state index in [9.17, 15) is 19.4 Å². The molecule has 7 heteroatoms. The van der Waals surface area contributed by atoms with Gasteiger partial charge in [-0.3, -0.25) is 0 Å². The van der Waals surface area contributed by atoms with Gasteiger partial charge in [-0.1, -0.05) is 77.6 Å². The summed E-state index contributed by atoms with van der Waals surface area (Å²) in [6.07, 6.45) is 13.0. The van der Waals surface area contributed by atoms with E-state index in [1.807, 2.05) is 0 Å². The van der Waals surface area contributed by atoms with Crippen LogP contribution in [0.2, 0.25) is 0 Å². The van der Waals surface area contributed by atoms with Crippen LogP contribution in [0.1, 0.15) is 84.0 Å². The molecule has 0 aliphatic carbocycles. The molecule has 0 heterocycles. The number of carbonyl (C=O) groups excluding carboxylic acids is 1. The van der Waals surface area contributed by atoms with E-state index >= 15 is 0 Å². The van der Waals surface area contributed by atoms with Gasteiger partial charge in [-0.05, 0) is 13.1 Å². The smallest absolute Gasteiger partial charge is 0.799 e. The maximum atomic E-state index is 11.3. The summed E-state index contributed by atoms with van der Waals surface area (Å²) in [5.74, 6) is -1.46. The van der Waals surface area contributed by atoms with E-state index in [0.717, 1.165) is 25.9 Å². The predicted molar refractivity (Wildman–Crippen MR) is 83.4 cm³/mol. The Hall–Kier alpha value is 1.66. The van der Waals surface area contributed by atoms with Gasteiger partial charge in [0.25, 0.3) is 0 Å². The number of carboxylic acid groups (broad SMARTS) is 1. The standard InChI is InChI=1S/C16H33O4P.2Na/c1-3-4-5-6-7-8-9-10-11-12-13-14-15(16(17)18)21(2,19)20;;/h15H,3-14H2,1-2H3,(H,17,18)(H,19,20);;/q;2*+1/p-2. The number of hydrogen-bond donors (Lipinski definition) is 0. The fourth-order valence-corrected chi connectivity index (χ4v) is 3.58. The summed E-state index contributed by atoms with van der Waals surface area (Å²) in [4.78, 5) is 22.1. The van der Waals surface area contributed by atoms with E-state index in [0.29, 0.717) is 6.42 Å². The zero-order chi connectivity index (χ0) is 16.1. The van der Waals surface area contributed by atoms with Crippen molar-refractivity contribution in [3.05, 3.63) is 0 Å². The number of carbonyl (C=O) groups is 1. The molecule has 0 aliphatic rings. The van der Waals surface area contributed by atoms with E-state index in [-0.39, 0.29) is 65.5 Å². The zero-order valence-corrected chi connectivity index (χ0v) is 20.5. The van der Waals surface area contributed by atoms with E-state index in [1.165, 1.54) is 44.9 Å². The minimum Gasteiger partial charge on any atom is -0.799 e. The van der Waals surface area contributed by atoms with Crippen molar-refractivity contribution in [3.8, 4) is 0 Å². The van der Waals surface area contributed by atoms with Crippen LogP contribution in [0, 0.1) is 0 Å². The Kier molecular flexibility index (Phi) is 23.6. The normalized spacial score (nSPS) is 14.2. The molecule has 0 radical (unpaired) electrons. The molecule has 0 amide bonds. The molecule has 2 unspecified atom stereocenters. The average molecular weight is 364 g/mol. The molecule has 0 saturated heterocycles. The Morgan fingerprint density at radius 2 is 1.22 bits per heavy atom. The number of carboxylic acids is 1. The van der Waals surface area contributed by atoms with Crippen LogP contribution in [0.4, 0.5) is 0 Å². The van der Waals surface area contributed by atoms with Crippen molar-refractivity contribution < 1.29 is 78.5 Å². The maximum Gasteiger partial charge on any atom is 1.00 e. The quantitative estimate of drug-likeness (QED) is 0.188. The summed E-state index contributed by atoms with van der Waals surface area (Å²) in [6, 6.07) is 0. The van der Waals surface area contributed by atoms with Crippen molar-refractivity contribution in [1.82, 2.24) is 0 Å². The Morgan fingerprint density at radius 1 is 0.870 bits per heavy atom. The van der Waals surface area contributed by atoms with Gasteiger partial charge in [-0.15, -0.1) is 0 Å². The van der Waals surface area contributed by atoms with Crippen molar-refractivity contribution in [2.75, 3.05) is 6.66 Å². The largest absolute Gasteiger partial charge is 1.00 e. The number of unbranched alkanes of at least 4 members (excludes halogenated alkanes) is 10. The predicted octanol–water partition coefficient (Wildman–Crippen LogP) is -2.92. The SMILES string of the molecule is CCCCCCCCCCCCCC(C(=O)[O-])P(C)(=O)[O-].[Na+].[Na+]. The fourth-order valence-electron chi connectivity index (χ4n) is 2.55. The first kappa shape index (κ1) is 29.4. The second kappa shape index (κ2) is 18.5. The zero-order valence-electron chi connectivity index (χ0n) is 15.6. The topological polar surface area (TPSA) is 80.3 Å². The molecule has 0 bridgehead atoms. The molecule has 0 aromatic heterocycles. The summed E-state index contributed by atoms with van der Waals surface area (Å²) in [5.41, 5.74) is -1.31. The van der Waals surface area contributed by atoms with E-state index in [2.05, 4.69) is 6.92 Å². The van der Waals surface area contributed by atoms with E-state index in [1.54, 1.807) is 0 Å². The second-order valence-electron chi connectivity index (χ2n) is 6.07. The third kappa shape index (κ3) is 18.3. The summed E-state index contributed by atoms with van der Waals surface area (Å²) in [5, 5.41) is 10.8. The van der Waals surface area contributed by atoms with Gasteiger partial charge in [0.05, 0.1) is 5.97 Å². The van der Waals surface area contributed by atoms with Crippen LogP contribution in [0.3, 0.4) is 0 Å². The van der Waals surface area contributed by atoms with Crippen molar-refractivity contribution in [2.24, 2.45) is 0 Å². The van der Waals surface area contributed by atoms with Crippen LogP contribution < -0.4 is 69.1 Å².